The maximum atomic E-state index is 4.36. The van der Waals surface area contributed by atoms with E-state index in [4.69, 9.17) is 0 Å². The van der Waals surface area contributed by atoms with Gasteiger partial charge in [-0.05, 0) is 13.8 Å². The molecule has 2 heterocycles. The minimum Gasteiger partial charge on any atom is -0.245 e. The molecule has 0 spiro atoms. The molecule has 0 amide bonds. The molecule has 5 nitrogen and oxygen atoms in total. The van der Waals surface area contributed by atoms with Crippen LogP contribution in [0.3, 0.4) is 0 Å². The number of aromatic nitrogens is 5. The molecule has 5 heteroatoms. The average molecular weight is 243 g/mol. The molecule has 0 saturated heterocycles. The summed E-state index contributed by atoms with van der Waals surface area (Å²) in [4.78, 5) is 12.4. The SMILES string of the molecule is CC(C)c1ncc(C(C)(C)c2cncnc2)nn1. The first kappa shape index (κ1) is 12.5. The van der Waals surface area contributed by atoms with E-state index in [0.29, 0.717) is 0 Å². The highest BCUT2D eigenvalue weighted by Crippen LogP contribution is 2.28. The molecular formula is C13H17N5. The summed E-state index contributed by atoms with van der Waals surface area (Å²) in [5.41, 5.74) is 1.52. The Kier molecular flexibility index (Phi) is 3.32. The quantitative estimate of drug-likeness (QED) is 0.826. The van der Waals surface area contributed by atoms with Crippen molar-refractivity contribution in [2.24, 2.45) is 0 Å². The Morgan fingerprint density at radius 3 is 2.17 bits per heavy atom. The highest BCUT2D eigenvalue weighted by Gasteiger charge is 2.26. The van der Waals surface area contributed by atoms with Crippen LogP contribution in [-0.4, -0.2) is 25.1 Å². The van der Waals surface area contributed by atoms with Gasteiger partial charge < -0.3 is 0 Å². The maximum Gasteiger partial charge on any atom is 0.153 e. The molecule has 0 fully saturated rings. The van der Waals surface area contributed by atoms with E-state index in [-0.39, 0.29) is 11.3 Å². The van der Waals surface area contributed by atoms with Crippen molar-refractivity contribution >= 4 is 0 Å². The van der Waals surface area contributed by atoms with Gasteiger partial charge in [-0.15, -0.1) is 5.10 Å². The van der Waals surface area contributed by atoms with Crippen molar-refractivity contribution in [3.8, 4) is 0 Å². The van der Waals surface area contributed by atoms with Gasteiger partial charge in [0.25, 0.3) is 0 Å². The Balaban J connectivity index is 2.36. The van der Waals surface area contributed by atoms with Crippen LogP contribution in [0.2, 0.25) is 0 Å². The van der Waals surface area contributed by atoms with Crippen LogP contribution >= 0.6 is 0 Å². The van der Waals surface area contributed by atoms with Gasteiger partial charge >= 0.3 is 0 Å². The van der Waals surface area contributed by atoms with Gasteiger partial charge in [-0.3, -0.25) is 0 Å². The van der Waals surface area contributed by atoms with Gasteiger partial charge in [0.2, 0.25) is 0 Å². The summed E-state index contributed by atoms with van der Waals surface area (Å²) >= 11 is 0. The Labute approximate surface area is 107 Å². The number of nitrogens with zero attached hydrogens (tertiary/aromatic N) is 5. The minimum atomic E-state index is -0.295. The molecule has 2 rings (SSSR count). The largest absolute Gasteiger partial charge is 0.245 e. The molecule has 2 aromatic heterocycles. The third-order valence-corrected chi connectivity index (χ3v) is 3.02. The summed E-state index contributed by atoms with van der Waals surface area (Å²) in [5, 5.41) is 8.45. The monoisotopic (exact) mass is 243 g/mol. The zero-order valence-electron chi connectivity index (χ0n) is 11.1. The highest BCUT2D eigenvalue weighted by molar-refractivity contribution is 5.28. The molecule has 0 aliphatic rings. The molecular weight excluding hydrogens is 226 g/mol. The second kappa shape index (κ2) is 4.76. The van der Waals surface area contributed by atoms with Crippen molar-refractivity contribution in [3.05, 3.63) is 42.0 Å². The molecule has 0 unspecified atom stereocenters. The van der Waals surface area contributed by atoms with E-state index in [9.17, 15) is 0 Å². The van der Waals surface area contributed by atoms with Gasteiger partial charge in [-0.2, -0.15) is 5.10 Å². The van der Waals surface area contributed by atoms with Gasteiger partial charge in [-0.1, -0.05) is 13.8 Å². The van der Waals surface area contributed by atoms with Crippen LogP contribution in [0.1, 0.15) is 50.7 Å². The first-order valence-corrected chi connectivity index (χ1v) is 5.97. The summed E-state index contributed by atoms with van der Waals surface area (Å²) in [6.45, 7) is 8.22. The van der Waals surface area contributed by atoms with E-state index in [1.54, 1.807) is 18.6 Å². The lowest BCUT2D eigenvalue weighted by Gasteiger charge is -2.22. The number of rotatable bonds is 3. The first-order chi connectivity index (χ1) is 8.51. The van der Waals surface area contributed by atoms with Gasteiger partial charge in [0, 0.05) is 29.3 Å². The van der Waals surface area contributed by atoms with Crippen molar-refractivity contribution in [2.45, 2.75) is 39.0 Å². The van der Waals surface area contributed by atoms with Gasteiger partial charge in [0.15, 0.2) is 5.82 Å². The van der Waals surface area contributed by atoms with Crippen molar-refractivity contribution in [3.63, 3.8) is 0 Å². The molecule has 0 aromatic carbocycles. The molecule has 0 aliphatic carbocycles. The number of hydrogen-bond donors (Lipinski definition) is 0. The van der Waals surface area contributed by atoms with E-state index in [0.717, 1.165) is 17.1 Å². The lowest BCUT2D eigenvalue weighted by Crippen LogP contribution is -2.22. The van der Waals surface area contributed by atoms with E-state index < -0.39 is 0 Å². The third kappa shape index (κ3) is 2.34. The zero-order chi connectivity index (χ0) is 13.2. The predicted octanol–water partition coefficient (Wildman–Crippen LogP) is 2.11. The van der Waals surface area contributed by atoms with Crippen LogP contribution in [0.15, 0.2) is 24.9 Å². The summed E-state index contributed by atoms with van der Waals surface area (Å²) in [6, 6.07) is 0. The summed E-state index contributed by atoms with van der Waals surface area (Å²) < 4.78 is 0. The van der Waals surface area contributed by atoms with Crippen molar-refractivity contribution < 1.29 is 0 Å². The molecule has 94 valence electrons. The van der Waals surface area contributed by atoms with E-state index >= 15 is 0 Å². The van der Waals surface area contributed by atoms with Crippen LogP contribution < -0.4 is 0 Å². The van der Waals surface area contributed by atoms with Gasteiger partial charge in [-0.25, -0.2) is 15.0 Å². The highest BCUT2D eigenvalue weighted by atomic mass is 15.2. The molecule has 0 radical (unpaired) electrons. The van der Waals surface area contributed by atoms with Gasteiger partial charge in [0.1, 0.15) is 6.33 Å². The van der Waals surface area contributed by atoms with Crippen LogP contribution in [0.5, 0.6) is 0 Å². The fourth-order valence-corrected chi connectivity index (χ4v) is 1.60. The molecule has 18 heavy (non-hydrogen) atoms. The van der Waals surface area contributed by atoms with Crippen molar-refractivity contribution in [2.75, 3.05) is 0 Å². The van der Waals surface area contributed by atoms with E-state index in [1.807, 2.05) is 13.8 Å². The molecule has 0 N–H and O–H groups in total. The maximum absolute atomic E-state index is 4.36. The topological polar surface area (TPSA) is 64.5 Å². The summed E-state index contributed by atoms with van der Waals surface area (Å²) in [7, 11) is 0. The van der Waals surface area contributed by atoms with Gasteiger partial charge in [0.05, 0.1) is 11.9 Å². The smallest absolute Gasteiger partial charge is 0.153 e. The normalized spacial score (nSPS) is 11.8. The van der Waals surface area contributed by atoms with Crippen LogP contribution in [-0.2, 0) is 5.41 Å². The lowest BCUT2D eigenvalue weighted by atomic mass is 9.83. The van der Waals surface area contributed by atoms with Crippen LogP contribution in [0, 0.1) is 0 Å². The fourth-order valence-electron chi connectivity index (χ4n) is 1.60. The average Bonchev–Trinajstić information content (AvgIpc) is 2.40. The van der Waals surface area contributed by atoms with Crippen molar-refractivity contribution in [1.29, 1.82) is 0 Å². The molecule has 2 aromatic rings. The second-order valence-electron chi connectivity index (χ2n) is 5.11. The standard InChI is InChI=1S/C13H17N5/c1-9(2)12-16-7-11(17-18-12)13(3,4)10-5-14-8-15-6-10/h5-9H,1-4H3. The first-order valence-electron chi connectivity index (χ1n) is 5.97. The van der Waals surface area contributed by atoms with Crippen molar-refractivity contribution in [1.82, 2.24) is 25.1 Å². The third-order valence-electron chi connectivity index (χ3n) is 3.02. The fraction of sp³-hybridized carbons (Fsp3) is 0.462. The van der Waals surface area contributed by atoms with E-state index in [1.165, 1.54) is 6.33 Å². The Bertz CT molecular complexity index is 505. The second-order valence-corrected chi connectivity index (χ2v) is 5.11. The lowest BCUT2D eigenvalue weighted by molar-refractivity contribution is 0.580. The Morgan fingerprint density at radius 2 is 1.67 bits per heavy atom. The Morgan fingerprint density at radius 1 is 1.00 bits per heavy atom. The summed E-state index contributed by atoms with van der Waals surface area (Å²) in [6.07, 6.45) is 6.90. The Hall–Kier alpha value is -1.91. The zero-order valence-corrected chi connectivity index (χ0v) is 11.1. The van der Waals surface area contributed by atoms with Crippen LogP contribution in [0.25, 0.3) is 0 Å². The molecule has 0 aliphatic heterocycles. The van der Waals surface area contributed by atoms with Crippen LogP contribution in [0.4, 0.5) is 0 Å². The molecule has 0 atom stereocenters. The predicted molar refractivity (Wildman–Crippen MR) is 68.1 cm³/mol. The summed E-state index contributed by atoms with van der Waals surface area (Å²) in [5.74, 6) is 1.05. The minimum absolute atomic E-state index is 0.287. The molecule has 0 saturated carbocycles. The number of hydrogen-bond acceptors (Lipinski definition) is 5. The molecule has 0 bridgehead atoms. The van der Waals surface area contributed by atoms with E-state index in [2.05, 4.69) is 39.0 Å².